The smallest absolute Gasteiger partial charge is 0.223 e. The Labute approximate surface area is 133 Å². The van der Waals surface area contributed by atoms with Crippen LogP contribution < -0.4 is 10.2 Å². The monoisotopic (exact) mass is 356 g/mol. The molecular weight excluding hydrogens is 336 g/mol. The number of amides is 2. The topological polar surface area (TPSA) is 58.6 Å². The van der Waals surface area contributed by atoms with Gasteiger partial charge in [-0.15, -0.1) is 0 Å². The van der Waals surface area contributed by atoms with E-state index >= 15 is 0 Å². The van der Waals surface area contributed by atoms with Crippen LogP contribution >= 0.6 is 15.9 Å². The molecule has 1 aromatic rings. The fraction of sp³-hybridized carbons (Fsp3) is 0.467. The number of rotatable bonds is 7. The van der Waals surface area contributed by atoms with Crippen LogP contribution in [0.2, 0.25) is 0 Å². The molecule has 0 unspecified atom stereocenters. The Morgan fingerprint density at radius 1 is 1.38 bits per heavy atom. The van der Waals surface area contributed by atoms with Crippen LogP contribution in [0, 0.1) is 6.92 Å². The number of hydrogen-bond donors (Lipinski definition) is 1. The van der Waals surface area contributed by atoms with E-state index < -0.39 is 0 Å². The Hall–Kier alpha value is -1.40. The molecule has 0 atom stereocenters. The lowest BCUT2D eigenvalue weighted by molar-refractivity contribution is -0.121. The maximum Gasteiger partial charge on any atom is 0.223 e. The molecule has 0 heterocycles. The van der Waals surface area contributed by atoms with Gasteiger partial charge < -0.3 is 15.0 Å². The van der Waals surface area contributed by atoms with Gasteiger partial charge >= 0.3 is 0 Å². The summed E-state index contributed by atoms with van der Waals surface area (Å²) in [5, 5.41) is 2.74. The third-order valence-corrected chi connectivity index (χ3v) is 3.60. The summed E-state index contributed by atoms with van der Waals surface area (Å²) in [5.74, 6) is -0.189. The van der Waals surface area contributed by atoms with Gasteiger partial charge in [0.1, 0.15) is 0 Å². The van der Waals surface area contributed by atoms with Crippen LogP contribution in [0.25, 0.3) is 0 Å². The minimum Gasteiger partial charge on any atom is -0.383 e. The first-order valence-corrected chi connectivity index (χ1v) is 7.55. The number of hydrogen-bond acceptors (Lipinski definition) is 3. The van der Waals surface area contributed by atoms with E-state index in [0.29, 0.717) is 19.7 Å². The Morgan fingerprint density at radius 2 is 2.10 bits per heavy atom. The van der Waals surface area contributed by atoms with Gasteiger partial charge in [0.15, 0.2) is 0 Å². The van der Waals surface area contributed by atoms with Crippen LogP contribution in [0.15, 0.2) is 22.7 Å². The van der Waals surface area contributed by atoms with Gasteiger partial charge in [-0.2, -0.15) is 0 Å². The summed E-state index contributed by atoms with van der Waals surface area (Å²) in [5.41, 5.74) is 1.88. The van der Waals surface area contributed by atoms with Crippen molar-refractivity contribution in [2.75, 3.05) is 31.7 Å². The molecule has 6 heteroatoms. The molecule has 5 nitrogen and oxygen atoms in total. The molecule has 0 saturated heterocycles. The van der Waals surface area contributed by atoms with E-state index in [1.165, 1.54) is 6.92 Å². The normalized spacial score (nSPS) is 10.3. The van der Waals surface area contributed by atoms with E-state index in [0.717, 1.165) is 15.7 Å². The zero-order valence-electron chi connectivity index (χ0n) is 12.6. The lowest BCUT2D eigenvalue weighted by Gasteiger charge is -2.22. The SMILES string of the molecule is COCCNC(=O)CCN(C(C)=O)c1ccc(C)cc1Br. The van der Waals surface area contributed by atoms with Gasteiger partial charge in [0.25, 0.3) is 0 Å². The van der Waals surface area contributed by atoms with E-state index in [4.69, 9.17) is 4.74 Å². The summed E-state index contributed by atoms with van der Waals surface area (Å²) in [7, 11) is 1.58. The summed E-state index contributed by atoms with van der Waals surface area (Å²) in [6, 6.07) is 5.77. The average molecular weight is 357 g/mol. The van der Waals surface area contributed by atoms with Crippen LogP contribution in [-0.4, -0.2) is 38.6 Å². The lowest BCUT2D eigenvalue weighted by atomic mass is 10.2. The molecule has 0 bridgehead atoms. The Kier molecular flexibility index (Phi) is 7.39. The highest BCUT2D eigenvalue weighted by atomic mass is 79.9. The van der Waals surface area contributed by atoms with Crippen molar-refractivity contribution in [3.05, 3.63) is 28.2 Å². The van der Waals surface area contributed by atoms with Crippen molar-refractivity contribution in [3.8, 4) is 0 Å². The fourth-order valence-corrected chi connectivity index (χ4v) is 2.58. The molecule has 0 fully saturated rings. The summed E-state index contributed by atoms with van der Waals surface area (Å²) in [4.78, 5) is 25.1. The van der Waals surface area contributed by atoms with Crippen LogP contribution in [0.1, 0.15) is 18.9 Å². The number of halogens is 1. The first kappa shape index (κ1) is 17.7. The molecule has 0 aliphatic carbocycles. The second kappa shape index (κ2) is 8.79. The van der Waals surface area contributed by atoms with Gasteiger partial charge in [0, 0.05) is 38.0 Å². The molecule has 1 N–H and O–H groups in total. The van der Waals surface area contributed by atoms with Crippen molar-refractivity contribution >= 4 is 33.4 Å². The zero-order valence-corrected chi connectivity index (χ0v) is 14.2. The number of nitrogens with one attached hydrogen (secondary N) is 1. The van der Waals surface area contributed by atoms with Crippen molar-refractivity contribution in [1.29, 1.82) is 0 Å². The number of carbonyl (C=O) groups is 2. The minimum absolute atomic E-state index is 0.0933. The molecule has 0 aromatic heterocycles. The van der Waals surface area contributed by atoms with Crippen LogP contribution in [-0.2, 0) is 14.3 Å². The number of aryl methyl sites for hydroxylation is 1. The predicted octanol–water partition coefficient (Wildman–Crippen LogP) is 2.26. The fourth-order valence-electron chi connectivity index (χ4n) is 1.87. The van der Waals surface area contributed by atoms with E-state index in [2.05, 4.69) is 21.2 Å². The maximum atomic E-state index is 11.8. The third kappa shape index (κ3) is 5.85. The predicted molar refractivity (Wildman–Crippen MR) is 86.4 cm³/mol. The van der Waals surface area contributed by atoms with E-state index in [1.807, 2.05) is 25.1 Å². The average Bonchev–Trinajstić information content (AvgIpc) is 2.41. The quantitative estimate of drug-likeness (QED) is 0.762. The van der Waals surface area contributed by atoms with E-state index in [-0.39, 0.29) is 18.2 Å². The molecule has 0 aliphatic heterocycles. The Morgan fingerprint density at radius 3 is 2.67 bits per heavy atom. The van der Waals surface area contributed by atoms with Gasteiger partial charge in [0.05, 0.1) is 12.3 Å². The molecule has 21 heavy (non-hydrogen) atoms. The molecule has 1 aromatic carbocycles. The number of nitrogens with zero attached hydrogens (tertiary/aromatic N) is 1. The van der Waals surface area contributed by atoms with Gasteiger partial charge in [0.2, 0.25) is 11.8 Å². The largest absolute Gasteiger partial charge is 0.383 e. The first-order valence-electron chi connectivity index (χ1n) is 6.75. The van der Waals surface area contributed by atoms with Crippen molar-refractivity contribution in [2.24, 2.45) is 0 Å². The Balaban J connectivity index is 2.66. The molecule has 0 spiro atoms. The maximum absolute atomic E-state index is 11.8. The highest BCUT2D eigenvalue weighted by Gasteiger charge is 2.15. The highest BCUT2D eigenvalue weighted by molar-refractivity contribution is 9.10. The molecular formula is C15H21BrN2O3. The standard InChI is InChI=1S/C15H21BrN2O3/c1-11-4-5-14(13(16)10-11)18(12(2)19)8-6-15(20)17-7-9-21-3/h4-5,10H,6-9H2,1-3H3,(H,17,20). The van der Waals surface area contributed by atoms with E-state index in [9.17, 15) is 9.59 Å². The summed E-state index contributed by atoms with van der Waals surface area (Å²) >= 11 is 3.46. The summed E-state index contributed by atoms with van der Waals surface area (Å²) in [6.45, 7) is 4.77. The lowest BCUT2D eigenvalue weighted by Crippen LogP contribution is -2.35. The van der Waals surface area contributed by atoms with Crippen LogP contribution in [0.4, 0.5) is 5.69 Å². The van der Waals surface area contributed by atoms with Crippen molar-refractivity contribution in [1.82, 2.24) is 5.32 Å². The molecule has 0 aliphatic rings. The molecule has 2 amide bonds. The van der Waals surface area contributed by atoms with Gasteiger partial charge in [-0.25, -0.2) is 0 Å². The van der Waals surface area contributed by atoms with Gasteiger partial charge in [-0.05, 0) is 40.5 Å². The van der Waals surface area contributed by atoms with Crippen LogP contribution in [0.5, 0.6) is 0 Å². The molecule has 0 radical (unpaired) electrons. The second-order valence-electron chi connectivity index (χ2n) is 4.72. The highest BCUT2D eigenvalue weighted by Crippen LogP contribution is 2.27. The summed E-state index contributed by atoms with van der Waals surface area (Å²) < 4.78 is 5.71. The summed E-state index contributed by atoms with van der Waals surface area (Å²) in [6.07, 6.45) is 0.254. The molecule has 1 rings (SSSR count). The molecule has 116 valence electrons. The number of ether oxygens (including phenoxy) is 1. The third-order valence-electron chi connectivity index (χ3n) is 2.96. The van der Waals surface area contributed by atoms with Crippen molar-refractivity contribution < 1.29 is 14.3 Å². The number of anilines is 1. The van der Waals surface area contributed by atoms with Crippen molar-refractivity contribution in [3.63, 3.8) is 0 Å². The van der Waals surface area contributed by atoms with Crippen molar-refractivity contribution in [2.45, 2.75) is 20.3 Å². The number of benzene rings is 1. The minimum atomic E-state index is -0.0958. The van der Waals surface area contributed by atoms with Gasteiger partial charge in [-0.3, -0.25) is 9.59 Å². The van der Waals surface area contributed by atoms with E-state index in [1.54, 1.807) is 12.0 Å². The number of methoxy groups -OCH3 is 1. The number of carbonyl (C=O) groups excluding carboxylic acids is 2. The zero-order chi connectivity index (χ0) is 15.8. The van der Waals surface area contributed by atoms with Crippen LogP contribution in [0.3, 0.4) is 0 Å². The molecule has 0 saturated carbocycles. The van der Waals surface area contributed by atoms with Gasteiger partial charge in [-0.1, -0.05) is 6.07 Å². The first-order chi connectivity index (χ1) is 9.95. The second-order valence-corrected chi connectivity index (χ2v) is 5.57. The Bertz CT molecular complexity index is 506.